The Morgan fingerprint density at radius 3 is 3.00 bits per heavy atom. The van der Waals surface area contributed by atoms with E-state index >= 15 is 0 Å². The normalized spacial score (nSPS) is 15.7. The third kappa shape index (κ3) is 4.65. The second-order valence-electron chi connectivity index (χ2n) is 6.03. The highest BCUT2D eigenvalue weighted by molar-refractivity contribution is 7.09. The van der Waals surface area contributed by atoms with Crippen molar-refractivity contribution in [3.63, 3.8) is 0 Å². The number of rotatable bonds is 6. The van der Waals surface area contributed by atoms with E-state index in [1.165, 1.54) is 12.8 Å². The number of hydrogen-bond donors (Lipinski definition) is 2. The summed E-state index contributed by atoms with van der Waals surface area (Å²) in [5, 5.41) is 9.29. The number of amides is 1. The molecule has 1 aliphatic heterocycles. The Morgan fingerprint density at radius 2 is 2.26 bits per heavy atom. The molecule has 1 aliphatic rings. The number of nitrogens with one attached hydrogen (secondary N) is 2. The van der Waals surface area contributed by atoms with Crippen LogP contribution in [-0.4, -0.2) is 24.0 Å². The van der Waals surface area contributed by atoms with Gasteiger partial charge in [0, 0.05) is 11.8 Å². The number of carbonyl (C=O) groups excluding carboxylic acids is 1. The highest BCUT2D eigenvalue weighted by Gasteiger charge is 2.14. The molecular weight excluding hydrogens is 310 g/mol. The number of aromatic nitrogens is 1. The van der Waals surface area contributed by atoms with E-state index in [2.05, 4.69) is 15.6 Å². The zero-order valence-corrected chi connectivity index (χ0v) is 14.2. The van der Waals surface area contributed by atoms with Crippen LogP contribution in [0.5, 0.6) is 0 Å². The van der Waals surface area contributed by atoms with E-state index < -0.39 is 0 Å². The highest BCUT2D eigenvalue weighted by Crippen LogP contribution is 2.23. The van der Waals surface area contributed by atoms with Crippen molar-refractivity contribution >= 4 is 17.2 Å². The SMILES string of the molecule is Cc1nc(-c2ccc(CNC(=O)CCC3CCNCC3)o2)cs1. The van der Waals surface area contributed by atoms with Crippen LogP contribution in [0.3, 0.4) is 0 Å². The standard InChI is InChI=1S/C17H23N3O2S/c1-12-20-15(11-23-12)16-4-3-14(22-16)10-19-17(21)5-2-13-6-8-18-9-7-13/h3-4,11,13,18H,2,5-10H2,1H3,(H,19,21). The summed E-state index contributed by atoms with van der Waals surface area (Å²) in [6, 6.07) is 3.81. The van der Waals surface area contributed by atoms with E-state index in [4.69, 9.17) is 4.42 Å². The maximum atomic E-state index is 12.0. The first-order valence-corrected chi connectivity index (χ1v) is 9.07. The lowest BCUT2D eigenvalue weighted by Crippen LogP contribution is -2.29. The van der Waals surface area contributed by atoms with E-state index in [0.717, 1.165) is 41.7 Å². The first-order valence-electron chi connectivity index (χ1n) is 8.19. The van der Waals surface area contributed by atoms with Crippen LogP contribution in [0, 0.1) is 12.8 Å². The van der Waals surface area contributed by atoms with Gasteiger partial charge in [-0.1, -0.05) is 0 Å². The molecule has 0 radical (unpaired) electrons. The molecule has 0 saturated carbocycles. The Balaban J connectivity index is 1.43. The number of furan rings is 1. The van der Waals surface area contributed by atoms with Gasteiger partial charge < -0.3 is 15.1 Å². The average molecular weight is 333 g/mol. The van der Waals surface area contributed by atoms with Crippen LogP contribution in [0.2, 0.25) is 0 Å². The summed E-state index contributed by atoms with van der Waals surface area (Å²) in [4.78, 5) is 16.4. The molecule has 2 N–H and O–H groups in total. The molecule has 0 unspecified atom stereocenters. The molecule has 0 bridgehead atoms. The van der Waals surface area contributed by atoms with Crippen molar-refractivity contribution in [3.05, 3.63) is 28.3 Å². The fourth-order valence-electron chi connectivity index (χ4n) is 2.87. The number of aryl methyl sites for hydroxylation is 1. The summed E-state index contributed by atoms with van der Waals surface area (Å²) in [7, 11) is 0. The van der Waals surface area contributed by atoms with Crippen LogP contribution >= 0.6 is 11.3 Å². The van der Waals surface area contributed by atoms with Gasteiger partial charge in [-0.2, -0.15) is 0 Å². The van der Waals surface area contributed by atoms with Crippen molar-refractivity contribution in [1.29, 1.82) is 0 Å². The van der Waals surface area contributed by atoms with Gasteiger partial charge in [-0.25, -0.2) is 4.98 Å². The smallest absolute Gasteiger partial charge is 0.220 e. The second-order valence-corrected chi connectivity index (χ2v) is 7.09. The molecule has 2 aromatic rings. The topological polar surface area (TPSA) is 67.2 Å². The summed E-state index contributed by atoms with van der Waals surface area (Å²) in [5.41, 5.74) is 0.857. The largest absolute Gasteiger partial charge is 0.458 e. The van der Waals surface area contributed by atoms with Gasteiger partial charge in [0.15, 0.2) is 5.76 Å². The lowest BCUT2D eigenvalue weighted by molar-refractivity contribution is -0.121. The quantitative estimate of drug-likeness (QED) is 0.852. The fraction of sp³-hybridized carbons (Fsp3) is 0.529. The average Bonchev–Trinajstić information content (AvgIpc) is 3.20. The minimum absolute atomic E-state index is 0.103. The molecule has 1 amide bonds. The molecule has 1 fully saturated rings. The van der Waals surface area contributed by atoms with Crippen molar-refractivity contribution in [2.75, 3.05) is 13.1 Å². The van der Waals surface area contributed by atoms with Crippen molar-refractivity contribution < 1.29 is 9.21 Å². The summed E-state index contributed by atoms with van der Waals surface area (Å²) >= 11 is 1.60. The maximum Gasteiger partial charge on any atom is 0.220 e. The number of nitrogens with zero attached hydrogens (tertiary/aromatic N) is 1. The van der Waals surface area contributed by atoms with Crippen molar-refractivity contribution in [2.45, 2.75) is 39.2 Å². The first kappa shape index (κ1) is 16.2. The van der Waals surface area contributed by atoms with Crippen LogP contribution in [0.1, 0.15) is 36.5 Å². The maximum absolute atomic E-state index is 12.0. The zero-order chi connectivity index (χ0) is 16.1. The summed E-state index contributed by atoms with van der Waals surface area (Å²) in [6.45, 7) is 4.57. The van der Waals surface area contributed by atoms with Gasteiger partial charge in [-0.3, -0.25) is 4.79 Å². The van der Waals surface area contributed by atoms with Crippen LogP contribution in [0.4, 0.5) is 0 Å². The van der Waals surface area contributed by atoms with Gasteiger partial charge >= 0.3 is 0 Å². The number of hydrogen-bond acceptors (Lipinski definition) is 5. The molecule has 6 heteroatoms. The van der Waals surface area contributed by atoms with Gasteiger partial charge in [-0.05, 0) is 57.3 Å². The molecule has 1 saturated heterocycles. The molecule has 3 rings (SSSR count). The van der Waals surface area contributed by atoms with Crippen molar-refractivity contribution in [1.82, 2.24) is 15.6 Å². The van der Waals surface area contributed by atoms with Crippen molar-refractivity contribution in [2.24, 2.45) is 5.92 Å². The zero-order valence-electron chi connectivity index (χ0n) is 13.4. The Kier molecular flexibility index (Phi) is 5.46. The number of carbonyl (C=O) groups is 1. The van der Waals surface area contributed by atoms with E-state index in [-0.39, 0.29) is 5.91 Å². The van der Waals surface area contributed by atoms with Gasteiger partial charge in [0.2, 0.25) is 5.91 Å². The molecule has 0 aliphatic carbocycles. The fourth-order valence-corrected chi connectivity index (χ4v) is 3.47. The monoisotopic (exact) mass is 333 g/mol. The minimum Gasteiger partial charge on any atom is -0.458 e. The van der Waals surface area contributed by atoms with Crippen LogP contribution in [0.15, 0.2) is 21.9 Å². The predicted molar refractivity (Wildman–Crippen MR) is 91.2 cm³/mol. The van der Waals surface area contributed by atoms with Gasteiger partial charge in [0.25, 0.3) is 0 Å². The van der Waals surface area contributed by atoms with E-state index in [1.54, 1.807) is 11.3 Å². The third-order valence-electron chi connectivity index (χ3n) is 4.23. The third-order valence-corrected chi connectivity index (χ3v) is 5.00. The van der Waals surface area contributed by atoms with E-state index in [0.29, 0.717) is 18.9 Å². The molecule has 124 valence electrons. The Bertz CT molecular complexity index is 644. The molecule has 0 spiro atoms. The van der Waals surface area contributed by atoms with Gasteiger partial charge in [-0.15, -0.1) is 11.3 Å². The van der Waals surface area contributed by atoms with Crippen LogP contribution in [0.25, 0.3) is 11.5 Å². The lowest BCUT2D eigenvalue weighted by atomic mass is 9.93. The van der Waals surface area contributed by atoms with Crippen LogP contribution < -0.4 is 10.6 Å². The van der Waals surface area contributed by atoms with E-state index in [9.17, 15) is 4.79 Å². The summed E-state index contributed by atoms with van der Waals surface area (Å²) in [6.07, 6.45) is 3.95. The molecule has 0 aromatic carbocycles. The van der Waals surface area contributed by atoms with E-state index in [1.807, 2.05) is 24.4 Å². The molecule has 23 heavy (non-hydrogen) atoms. The number of thiazole rings is 1. The lowest BCUT2D eigenvalue weighted by Gasteiger charge is -2.22. The van der Waals surface area contributed by atoms with Crippen molar-refractivity contribution in [3.8, 4) is 11.5 Å². The number of piperidine rings is 1. The molecule has 3 heterocycles. The molecule has 2 aromatic heterocycles. The highest BCUT2D eigenvalue weighted by atomic mass is 32.1. The summed E-state index contributed by atoms with van der Waals surface area (Å²) < 4.78 is 5.75. The summed E-state index contributed by atoms with van der Waals surface area (Å²) in [5.74, 6) is 2.31. The molecule has 0 atom stereocenters. The Hall–Kier alpha value is -1.66. The molecule has 5 nitrogen and oxygen atoms in total. The second kappa shape index (κ2) is 7.75. The Labute approximate surface area is 140 Å². The molecular formula is C17H23N3O2S. The van der Waals surface area contributed by atoms with Gasteiger partial charge in [0.1, 0.15) is 11.5 Å². The Morgan fingerprint density at radius 1 is 1.43 bits per heavy atom. The minimum atomic E-state index is 0.103. The predicted octanol–water partition coefficient (Wildman–Crippen LogP) is 3.11. The van der Waals surface area contributed by atoms with Gasteiger partial charge in [0.05, 0.1) is 11.6 Å². The first-order chi connectivity index (χ1) is 11.2. The van der Waals surface area contributed by atoms with Crippen LogP contribution in [-0.2, 0) is 11.3 Å².